The van der Waals surface area contributed by atoms with E-state index in [9.17, 15) is 9.59 Å². The normalized spacial score (nSPS) is 17.1. The summed E-state index contributed by atoms with van der Waals surface area (Å²) < 4.78 is 0. The Kier molecular flexibility index (Phi) is 5.36. The van der Waals surface area contributed by atoms with Crippen molar-refractivity contribution >= 4 is 11.9 Å². The summed E-state index contributed by atoms with van der Waals surface area (Å²) in [5, 5.41) is 0. The van der Waals surface area contributed by atoms with Gasteiger partial charge in [-0.3, -0.25) is 4.79 Å². The summed E-state index contributed by atoms with van der Waals surface area (Å²) in [5.74, 6) is -0.523. The highest BCUT2D eigenvalue weighted by Gasteiger charge is 2.18. The molecule has 1 aromatic rings. The molecule has 0 heterocycles. The molecule has 1 N–H and O–H groups in total. The maximum absolute atomic E-state index is 12.1. The molecular weight excluding hydrogens is 278 g/mol. The van der Waals surface area contributed by atoms with Crippen molar-refractivity contribution in [3.8, 4) is 0 Å². The second-order valence-corrected chi connectivity index (χ2v) is 6.01. The molecule has 0 bridgehead atoms. The second kappa shape index (κ2) is 7.25. The van der Waals surface area contributed by atoms with Crippen LogP contribution in [0.15, 0.2) is 24.3 Å². The SMILES string of the molecule is Cc1cc(C)c(C(=O)ONC(=O)CC2C=CCCC2)c(C)c1. The van der Waals surface area contributed by atoms with E-state index in [2.05, 4.69) is 17.6 Å². The van der Waals surface area contributed by atoms with Gasteiger partial charge in [0, 0.05) is 6.42 Å². The average Bonchev–Trinajstić information content (AvgIpc) is 2.45. The van der Waals surface area contributed by atoms with Crippen molar-refractivity contribution in [1.82, 2.24) is 5.48 Å². The molecule has 118 valence electrons. The summed E-state index contributed by atoms with van der Waals surface area (Å²) in [5.41, 5.74) is 5.60. The Labute approximate surface area is 131 Å². The minimum atomic E-state index is -0.512. The Bertz CT molecular complexity index is 581. The molecule has 22 heavy (non-hydrogen) atoms. The molecule has 0 saturated heterocycles. The van der Waals surface area contributed by atoms with Crippen LogP contribution in [0, 0.1) is 26.7 Å². The molecule has 1 aliphatic rings. The topological polar surface area (TPSA) is 55.4 Å². The number of carbonyl (C=O) groups excluding carboxylic acids is 2. The van der Waals surface area contributed by atoms with E-state index in [0.717, 1.165) is 36.0 Å². The molecule has 0 saturated carbocycles. The van der Waals surface area contributed by atoms with Crippen molar-refractivity contribution in [3.63, 3.8) is 0 Å². The zero-order valence-electron chi connectivity index (χ0n) is 13.4. The predicted molar refractivity (Wildman–Crippen MR) is 85.3 cm³/mol. The van der Waals surface area contributed by atoms with Gasteiger partial charge in [-0.25, -0.2) is 4.79 Å². The molecule has 1 amide bonds. The molecule has 1 aromatic carbocycles. The molecule has 4 heteroatoms. The monoisotopic (exact) mass is 301 g/mol. The summed E-state index contributed by atoms with van der Waals surface area (Å²) in [6.07, 6.45) is 7.73. The number of hydrogen-bond acceptors (Lipinski definition) is 3. The van der Waals surface area contributed by atoms with Crippen molar-refractivity contribution in [2.45, 2.75) is 46.5 Å². The fourth-order valence-corrected chi connectivity index (χ4v) is 2.99. The van der Waals surface area contributed by atoms with E-state index < -0.39 is 5.97 Å². The van der Waals surface area contributed by atoms with Crippen LogP contribution in [0.4, 0.5) is 0 Å². The standard InChI is InChI=1S/C18H23NO3/c1-12-9-13(2)17(14(3)10-12)18(21)22-19-16(20)11-15-7-5-4-6-8-15/h5,7,9-10,15H,4,6,8,11H2,1-3H3,(H,19,20). The molecule has 0 spiro atoms. The predicted octanol–water partition coefficient (Wildman–Crippen LogP) is 3.55. The third-order valence-electron chi connectivity index (χ3n) is 3.94. The van der Waals surface area contributed by atoms with Gasteiger partial charge in [0.15, 0.2) is 0 Å². The maximum atomic E-state index is 12.1. The summed E-state index contributed by atoms with van der Waals surface area (Å²) in [6, 6.07) is 3.86. The van der Waals surface area contributed by atoms with Crippen LogP contribution in [0.1, 0.15) is 52.7 Å². The zero-order chi connectivity index (χ0) is 16.1. The van der Waals surface area contributed by atoms with Crippen LogP contribution in [0.3, 0.4) is 0 Å². The molecule has 0 radical (unpaired) electrons. The largest absolute Gasteiger partial charge is 0.363 e. The number of allylic oxidation sites excluding steroid dienone is 2. The van der Waals surface area contributed by atoms with Crippen molar-refractivity contribution in [2.24, 2.45) is 5.92 Å². The molecule has 0 fully saturated rings. The second-order valence-electron chi connectivity index (χ2n) is 6.01. The van der Waals surface area contributed by atoms with Crippen LogP contribution in [0.25, 0.3) is 0 Å². The first-order valence-corrected chi connectivity index (χ1v) is 7.72. The molecule has 4 nitrogen and oxygen atoms in total. The summed E-state index contributed by atoms with van der Waals surface area (Å²) in [7, 11) is 0. The summed E-state index contributed by atoms with van der Waals surface area (Å²) >= 11 is 0. The van der Waals surface area contributed by atoms with Gasteiger partial charge in [0.25, 0.3) is 5.91 Å². The lowest BCUT2D eigenvalue weighted by Gasteiger charge is -2.16. The number of nitrogens with one attached hydrogen (secondary N) is 1. The molecule has 1 atom stereocenters. The fourth-order valence-electron chi connectivity index (χ4n) is 2.99. The van der Waals surface area contributed by atoms with Gasteiger partial charge in [-0.2, -0.15) is 5.48 Å². The first-order chi connectivity index (χ1) is 10.5. The lowest BCUT2D eigenvalue weighted by atomic mass is 9.93. The molecule has 1 aliphatic carbocycles. The zero-order valence-corrected chi connectivity index (χ0v) is 13.4. The molecule has 0 aliphatic heterocycles. The first kappa shape index (κ1) is 16.3. The van der Waals surface area contributed by atoms with Crippen molar-refractivity contribution < 1.29 is 14.4 Å². The smallest absolute Gasteiger partial charge is 0.335 e. The number of amides is 1. The van der Waals surface area contributed by atoms with Crippen LogP contribution in [0.2, 0.25) is 0 Å². The van der Waals surface area contributed by atoms with E-state index in [-0.39, 0.29) is 11.8 Å². The van der Waals surface area contributed by atoms with Gasteiger partial charge in [-0.05, 0) is 57.1 Å². The van der Waals surface area contributed by atoms with Crippen molar-refractivity contribution in [2.75, 3.05) is 0 Å². The van der Waals surface area contributed by atoms with Crippen LogP contribution in [-0.4, -0.2) is 11.9 Å². The average molecular weight is 301 g/mol. The van der Waals surface area contributed by atoms with Gasteiger partial charge in [0.05, 0.1) is 5.56 Å². The Balaban J connectivity index is 1.91. The molecule has 1 unspecified atom stereocenters. The molecule has 2 rings (SSSR count). The number of aryl methyl sites for hydroxylation is 3. The Morgan fingerprint density at radius 2 is 1.91 bits per heavy atom. The van der Waals surface area contributed by atoms with Crippen molar-refractivity contribution in [3.05, 3.63) is 46.5 Å². The highest BCUT2D eigenvalue weighted by molar-refractivity contribution is 5.93. The third kappa shape index (κ3) is 4.20. The van der Waals surface area contributed by atoms with Crippen LogP contribution >= 0.6 is 0 Å². The quantitative estimate of drug-likeness (QED) is 0.686. The van der Waals surface area contributed by atoms with E-state index in [4.69, 9.17) is 4.84 Å². The number of hydrogen-bond donors (Lipinski definition) is 1. The summed E-state index contributed by atoms with van der Waals surface area (Å²) in [6.45, 7) is 5.71. The third-order valence-corrected chi connectivity index (χ3v) is 3.94. The van der Waals surface area contributed by atoms with E-state index in [1.165, 1.54) is 0 Å². The number of hydroxylamine groups is 1. The number of benzene rings is 1. The number of carbonyl (C=O) groups is 2. The van der Waals surface area contributed by atoms with E-state index in [0.29, 0.717) is 12.0 Å². The van der Waals surface area contributed by atoms with E-state index in [1.807, 2.05) is 32.9 Å². The Hall–Kier alpha value is -2.10. The molecular formula is C18H23NO3. The van der Waals surface area contributed by atoms with Gasteiger partial charge >= 0.3 is 5.97 Å². The van der Waals surface area contributed by atoms with Crippen molar-refractivity contribution in [1.29, 1.82) is 0 Å². The van der Waals surface area contributed by atoms with Crippen LogP contribution < -0.4 is 5.48 Å². The minimum absolute atomic E-state index is 0.246. The maximum Gasteiger partial charge on any atom is 0.363 e. The van der Waals surface area contributed by atoms with Gasteiger partial charge < -0.3 is 4.84 Å². The minimum Gasteiger partial charge on any atom is -0.335 e. The van der Waals surface area contributed by atoms with Gasteiger partial charge in [-0.1, -0.05) is 29.8 Å². The Morgan fingerprint density at radius 3 is 2.50 bits per heavy atom. The molecule has 0 aromatic heterocycles. The first-order valence-electron chi connectivity index (χ1n) is 7.72. The lowest BCUT2D eigenvalue weighted by Crippen LogP contribution is -2.29. The van der Waals surface area contributed by atoms with Gasteiger partial charge in [-0.15, -0.1) is 0 Å². The summed E-state index contributed by atoms with van der Waals surface area (Å²) in [4.78, 5) is 29.0. The lowest BCUT2D eigenvalue weighted by molar-refractivity contribution is -0.130. The van der Waals surface area contributed by atoms with Crippen LogP contribution in [-0.2, 0) is 9.63 Å². The van der Waals surface area contributed by atoms with Gasteiger partial charge in [0.1, 0.15) is 0 Å². The van der Waals surface area contributed by atoms with E-state index in [1.54, 1.807) is 0 Å². The van der Waals surface area contributed by atoms with Gasteiger partial charge in [0.2, 0.25) is 0 Å². The highest BCUT2D eigenvalue weighted by atomic mass is 16.7. The number of rotatable bonds is 3. The van der Waals surface area contributed by atoms with Crippen LogP contribution in [0.5, 0.6) is 0 Å². The fraction of sp³-hybridized carbons (Fsp3) is 0.444. The Morgan fingerprint density at radius 1 is 1.23 bits per heavy atom. The highest BCUT2D eigenvalue weighted by Crippen LogP contribution is 2.20. The van der Waals surface area contributed by atoms with E-state index >= 15 is 0 Å².